The van der Waals surface area contributed by atoms with Gasteiger partial charge in [0.15, 0.2) is 0 Å². The predicted molar refractivity (Wildman–Crippen MR) is 82.0 cm³/mol. The molecule has 6 nitrogen and oxygen atoms in total. The molecule has 1 N–H and O–H groups in total. The molecule has 0 aromatic rings. The van der Waals surface area contributed by atoms with Gasteiger partial charge in [0, 0.05) is 18.1 Å². The maximum atomic E-state index is 12.5. The number of hydrogen-bond acceptors (Lipinski definition) is 5. The van der Waals surface area contributed by atoms with Crippen LogP contribution in [0.2, 0.25) is 0 Å². The third-order valence-corrected chi connectivity index (χ3v) is 5.67. The molecule has 1 saturated carbocycles. The minimum absolute atomic E-state index is 0.00973. The monoisotopic (exact) mass is 326 g/mol. The summed E-state index contributed by atoms with van der Waals surface area (Å²) in [7, 11) is 0. The fourth-order valence-corrected chi connectivity index (χ4v) is 4.49. The van der Waals surface area contributed by atoms with Crippen molar-refractivity contribution in [1.29, 1.82) is 0 Å². The average molecular weight is 326 g/mol. The number of nitrogens with zero attached hydrogens (tertiary/aromatic N) is 1. The Morgan fingerprint density at radius 3 is 2.73 bits per heavy atom. The molecule has 0 radical (unpaired) electrons. The molecule has 0 spiro atoms. The Kier molecular flexibility index (Phi) is 4.90. The molecule has 1 aliphatic carbocycles. The molecule has 2 amide bonds. The summed E-state index contributed by atoms with van der Waals surface area (Å²) in [4.78, 5) is 37.6. The highest BCUT2D eigenvalue weighted by molar-refractivity contribution is 7.99. The highest BCUT2D eigenvalue weighted by atomic mass is 32.2. The van der Waals surface area contributed by atoms with Crippen molar-refractivity contribution in [2.45, 2.75) is 50.6 Å². The fraction of sp³-hybridized carbons (Fsp3) is 0.800. The molecular formula is C15H22N2O4S. The largest absolute Gasteiger partial charge is 0.462 e. The molecule has 3 fully saturated rings. The zero-order valence-corrected chi connectivity index (χ0v) is 13.4. The number of thioether (sulfide) groups is 1. The Morgan fingerprint density at radius 1 is 1.27 bits per heavy atom. The molecule has 2 aliphatic heterocycles. The molecule has 7 heteroatoms. The first-order valence-electron chi connectivity index (χ1n) is 7.99. The Bertz CT molecular complexity index is 464. The summed E-state index contributed by atoms with van der Waals surface area (Å²) >= 11 is 1.60. The smallest absolute Gasteiger partial charge is 0.329 e. The van der Waals surface area contributed by atoms with Crippen molar-refractivity contribution in [1.82, 2.24) is 10.2 Å². The van der Waals surface area contributed by atoms with Crippen molar-refractivity contribution in [2.75, 3.05) is 18.2 Å². The first-order valence-corrected chi connectivity index (χ1v) is 9.15. The summed E-state index contributed by atoms with van der Waals surface area (Å²) in [6.45, 7) is 0.206. The van der Waals surface area contributed by atoms with Crippen LogP contribution in [0.4, 0.5) is 0 Å². The van der Waals surface area contributed by atoms with Gasteiger partial charge in [0.05, 0.1) is 11.9 Å². The minimum atomic E-state index is -0.463. The van der Waals surface area contributed by atoms with E-state index in [9.17, 15) is 14.4 Å². The van der Waals surface area contributed by atoms with E-state index in [0.29, 0.717) is 24.5 Å². The SMILES string of the molecule is O=C1CCC(COC(=O)C2CSCN2C(=O)C2CCCC2)N1. The quantitative estimate of drug-likeness (QED) is 0.777. The van der Waals surface area contributed by atoms with Gasteiger partial charge < -0.3 is 15.0 Å². The van der Waals surface area contributed by atoms with Crippen LogP contribution in [0.25, 0.3) is 0 Å². The van der Waals surface area contributed by atoms with Gasteiger partial charge in [0.25, 0.3) is 0 Å². The minimum Gasteiger partial charge on any atom is -0.462 e. The molecule has 2 unspecified atom stereocenters. The summed E-state index contributed by atoms with van der Waals surface area (Å²) in [5.74, 6) is 1.05. The average Bonchev–Trinajstić information content (AvgIpc) is 3.25. The van der Waals surface area contributed by atoms with Crippen LogP contribution >= 0.6 is 11.8 Å². The van der Waals surface area contributed by atoms with Gasteiger partial charge in [-0.25, -0.2) is 4.79 Å². The van der Waals surface area contributed by atoms with E-state index in [1.807, 2.05) is 0 Å². The Balaban J connectivity index is 1.52. The van der Waals surface area contributed by atoms with Crippen LogP contribution in [0.1, 0.15) is 38.5 Å². The summed E-state index contributed by atoms with van der Waals surface area (Å²) < 4.78 is 5.34. The van der Waals surface area contributed by atoms with Crippen LogP contribution in [-0.2, 0) is 19.1 Å². The molecule has 22 heavy (non-hydrogen) atoms. The number of carbonyl (C=O) groups excluding carboxylic acids is 3. The first-order chi connectivity index (χ1) is 10.6. The van der Waals surface area contributed by atoms with E-state index in [1.165, 1.54) is 0 Å². The number of hydrogen-bond donors (Lipinski definition) is 1. The zero-order valence-electron chi connectivity index (χ0n) is 12.6. The molecule has 3 aliphatic rings. The van der Waals surface area contributed by atoms with Crippen LogP contribution < -0.4 is 5.32 Å². The fourth-order valence-electron chi connectivity index (χ4n) is 3.34. The summed E-state index contributed by atoms with van der Waals surface area (Å²) in [5, 5.41) is 2.78. The Morgan fingerprint density at radius 2 is 2.05 bits per heavy atom. The van der Waals surface area contributed by atoms with E-state index in [0.717, 1.165) is 25.7 Å². The third kappa shape index (κ3) is 3.39. The van der Waals surface area contributed by atoms with E-state index in [1.54, 1.807) is 16.7 Å². The summed E-state index contributed by atoms with van der Waals surface area (Å²) in [6, 6.07) is -0.542. The lowest BCUT2D eigenvalue weighted by molar-refractivity contribution is -0.154. The predicted octanol–water partition coefficient (Wildman–Crippen LogP) is 0.900. The van der Waals surface area contributed by atoms with Gasteiger partial charge >= 0.3 is 5.97 Å². The third-order valence-electron chi connectivity index (χ3n) is 4.65. The number of rotatable bonds is 4. The normalized spacial score (nSPS) is 28.9. The molecule has 2 saturated heterocycles. The topological polar surface area (TPSA) is 75.7 Å². The molecule has 0 aromatic carbocycles. The lowest BCUT2D eigenvalue weighted by atomic mass is 10.1. The van der Waals surface area contributed by atoms with E-state index >= 15 is 0 Å². The maximum Gasteiger partial charge on any atom is 0.329 e. The lowest BCUT2D eigenvalue weighted by Crippen LogP contribution is -2.45. The molecule has 122 valence electrons. The van der Waals surface area contributed by atoms with Gasteiger partial charge in [-0.05, 0) is 19.3 Å². The number of nitrogens with one attached hydrogen (secondary N) is 1. The number of carbonyl (C=O) groups is 3. The molecule has 2 heterocycles. The molecule has 0 bridgehead atoms. The first kappa shape index (κ1) is 15.6. The van der Waals surface area contributed by atoms with Crippen LogP contribution in [0, 0.1) is 5.92 Å². The van der Waals surface area contributed by atoms with Gasteiger partial charge in [-0.3, -0.25) is 9.59 Å². The van der Waals surface area contributed by atoms with E-state index in [2.05, 4.69) is 5.32 Å². The van der Waals surface area contributed by atoms with Gasteiger partial charge in [0.2, 0.25) is 11.8 Å². The van der Waals surface area contributed by atoms with E-state index in [4.69, 9.17) is 4.74 Å². The number of ether oxygens (including phenoxy) is 1. The van der Waals surface area contributed by atoms with Crippen LogP contribution in [0.5, 0.6) is 0 Å². The van der Waals surface area contributed by atoms with Crippen molar-refractivity contribution in [3.05, 3.63) is 0 Å². The van der Waals surface area contributed by atoms with Crippen molar-refractivity contribution in [2.24, 2.45) is 5.92 Å². The Hall–Kier alpha value is -1.24. The molecule has 2 atom stereocenters. The maximum absolute atomic E-state index is 12.5. The second-order valence-electron chi connectivity index (χ2n) is 6.24. The Labute approximate surface area is 134 Å². The van der Waals surface area contributed by atoms with Crippen LogP contribution in [-0.4, -0.2) is 53.0 Å². The van der Waals surface area contributed by atoms with E-state index in [-0.39, 0.29) is 36.4 Å². The highest BCUT2D eigenvalue weighted by Crippen LogP contribution is 2.31. The zero-order chi connectivity index (χ0) is 15.5. The van der Waals surface area contributed by atoms with Gasteiger partial charge in [-0.1, -0.05) is 12.8 Å². The molecule has 3 rings (SSSR count). The van der Waals surface area contributed by atoms with Crippen LogP contribution in [0.3, 0.4) is 0 Å². The van der Waals surface area contributed by atoms with Gasteiger partial charge in [-0.2, -0.15) is 0 Å². The molecular weight excluding hydrogens is 304 g/mol. The summed E-state index contributed by atoms with van der Waals surface area (Å²) in [5.41, 5.74) is 0. The number of amides is 2. The van der Waals surface area contributed by atoms with Crippen molar-refractivity contribution < 1.29 is 19.1 Å². The number of esters is 1. The van der Waals surface area contributed by atoms with Crippen molar-refractivity contribution in [3.8, 4) is 0 Å². The second-order valence-corrected chi connectivity index (χ2v) is 7.24. The van der Waals surface area contributed by atoms with E-state index < -0.39 is 6.04 Å². The van der Waals surface area contributed by atoms with Gasteiger partial charge in [0.1, 0.15) is 12.6 Å². The second kappa shape index (κ2) is 6.89. The summed E-state index contributed by atoms with van der Waals surface area (Å²) in [6.07, 6.45) is 5.29. The van der Waals surface area contributed by atoms with Crippen LogP contribution in [0.15, 0.2) is 0 Å². The van der Waals surface area contributed by atoms with Crippen molar-refractivity contribution in [3.63, 3.8) is 0 Å². The standard InChI is InChI=1S/C15H22N2O4S/c18-13-6-5-11(16-13)7-21-15(20)12-8-22-9-17(12)14(19)10-3-1-2-4-10/h10-12H,1-9H2,(H,16,18). The van der Waals surface area contributed by atoms with Crippen molar-refractivity contribution >= 4 is 29.5 Å². The lowest BCUT2D eigenvalue weighted by Gasteiger charge is -2.25. The molecule has 0 aromatic heterocycles. The highest BCUT2D eigenvalue weighted by Gasteiger charge is 2.39. The van der Waals surface area contributed by atoms with Gasteiger partial charge in [-0.15, -0.1) is 11.8 Å².